The minimum Gasteiger partial charge on any atom is -0.480 e. The monoisotopic (exact) mass is 352 g/mol. The standard InChI is InChI=1S/C15H16N2O4S2/c18-14(19)12(9-22-10-13-16-6-7-23-13)17-15(20)21-8-11-4-2-1-3-5-11/h1-7,12H,8-10H2,(H,17,20)(H,18,19). The maximum Gasteiger partial charge on any atom is 0.408 e. The number of alkyl carbamates (subject to hydrolysis) is 1. The van der Waals surface area contributed by atoms with Crippen molar-refractivity contribution in [2.24, 2.45) is 0 Å². The lowest BCUT2D eigenvalue weighted by atomic mass is 10.2. The summed E-state index contributed by atoms with van der Waals surface area (Å²) in [6, 6.07) is 8.20. The molecule has 2 N–H and O–H groups in total. The number of carboxylic acid groups (broad SMARTS) is 1. The van der Waals surface area contributed by atoms with Gasteiger partial charge in [-0.2, -0.15) is 11.8 Å². The molecule has 2 aromatic rings. The predicted octanol–water partition coefficient (Wildman–Crippen LogP) is 2.76. The Bertz CT molecular complexity index is 620. The SMILES string of the molecule is O=C(NC(CSCc1nccs1)C(=O)O)OCc1ccccc1. The number of rotatable bonds is 8. The van der Waals surface area contributed by atoms with Gasteiger partial charge in [-0.3, -0.25) is 0 Å². The molecule has 6 nitrogen and oxygen atoms in total. The molecule has 0 fully saturated rings. The number of amides is 1. The van der Waals surface area contributed by atoms with Crippen molar-refractivity contribution < 1.29 is 19.4 Å². The molecule has 1 amide bonds. The summed E-state index contributed by atoms with van der Waals surface area (Å²) in [6.07, 6.45) is 0.963. The van der Waals surface area contributed by atoms with E-state index in [0.29, 0.717) is 5.75 Å². The van der Waals surface area contributed by atoms with Crippen LogP contribution in [0.4, 0.5) is 4.79 Å². The Hall–Kier alpha value is -2.06. The molecule has 0 aliphatic rings. The molecular weight excluding hydrogens is 336 g/mol. The summed E-state index contributed by atoms with van der Waals surface area (Å²) in [6.45, 7) is 0.102. The van der Waals surface area contributed by atoms with Gasteiger partial charge in [0.2, 0.25) is 0 Å². The van der Waals surface area contributed by atoms with Gasteiger partial charge in [0.05, 0.1) is 0 Å². The summed E-state index contributed by atoms with van der Waals surface area (Å²) in [5.74, 6) is -0.231. The van der Waals surface area contributed by atoms with Gasteiger partial charge in [0, 0.05) is 23.1 Å². The molecule has 0 aliphatic carbocycles. The molecule has 0 radical (unpaired) electrons. The van der Waals surface area contributed by atoms with Crippen LogP contribution in [0.3, 0.4) is 0 Å². The van der Waals surface area contributed by atoms with Crippen molar-refractivity contribution in [1.82, 2.24) is 10.3 Å². The molecule has 0 aliphatic heterocycles. The van der Waals surface area contributed by atoms with E-state index in [1.165, 1.54) is 23.1 Å². The quantitative estimate of drug-likeness (QED) is 0.759. The third-order valence-electron chi connectivity index (χ3n) is 2.80. The van der Waals surface area contributed by atoms with Gasteiger partial charge in [-0.05, 0) is 5.56 Å². The number of hydrogen-bond donors (Lipinski definition) is 2. The van der Waals surface area contributed by atoms with Crippen LogP contribution in [0.5, 0.6) is 0 Å². The number of carboxylic acids is 1. The lowest BCUT2D eigenvalue weighted by Gasteiger charge is -2.14. The fraction of sp³-hybridized carbons (Fsp3) is 0.267. The number of benzene rings is 1. The minimum absolute atomic E-state index is 0.102. The van der Waals surface area contributed by atoms with E-state index >= 15 is 0 Å². The van der Waals surface area contributed by atoms with Crippen LogP contribution in [0.2, 0.25) is 0 Å². The number of thioether (sulfide) groups is 1. The Morgan fingerprint density at radius 2 is 2.13 bits per heavy atom. The van der Waals surface area contributed by atoms with E-state index in [1.54, 1.807) is 6.20 Å². The molecule has 1 atom stereocenters. The van der Waals surface area contributed by atoms with Crippen molar-refractivity contribution in [1.29, 1.82) is 0 Å². The molecule has 0 saturated heterocycles. The summed E-state index contributed by atoms with van der Waals surface area (Å²) in [5.41, 5.74) is 0.840. The first-order valence-electron chi connectivity index (χ1n) is 6.81. The van der Waals surface area contributed by atoms with Crippen molar-refractivity contribution in [2.45, 2.75) is 18.4 Å². The van der Waals surface area contributed by atoms with E-state index in [9.17, 15) is 9.59 Å². The zero-order valence-electron chi connectivity index (χ0n) is 12.2. The van der Waals surface area contributed by atoms with Crippen LogP contribution in [-0.4, -0.2) is 33.9 Å². The van der Waals surface area contributed by atoms with E-state index in [-0.39, 0.29) is 12.4 Å². The molecule has 2 rings (SSSR count). The third kappa shape index (κ3) is 6.29. The number of nitrogens with one attached hydrogen (secondary N) is 1. The van der Waals surface area contributed by atoms with Crippen LogP contribution in [0.25, 0.3) is 0 Å². The average molecular weight is 352 g/mol. The molecule has 1 unspecified atom stereocenters. The van der Waals surface area contributed by atoms with E-state index < -0.39 is 18.1 Å². The van der Waals surface area contributed by atoms with Crippen molar-refractivity contribution in [3.63, 3.8) is 0 Å². The van der Waals surface area contributed by atoms with Crippen molar-refractivity contribution in [2.75, 3.05) is 5.75 Å². The molecule has 0 bridgehead atoms. The Morgan fingerprint density at radius 1 is 1.35 bits per heavy atom. The van der Waals surface area contributed by atoms with Gasteiger partial charge in [-0.15, -0.1) is 11.3 Å². The third-order valence-corrected chi connectivity index (χ3v) is 4.81. The number of carbonyl (C=O) groups excluding carboxylic acids is 1. The van der Waals surface area contributed by atoms with Gasteiger partial charge >= 0.3 is 12.1 Å². The van der Waals surface area contributed by atoms with Crippen LogP contribution >= 0.6 is 23.1 Å². The minimum atomic E-state index is -1.09. The molecule has 1 aromatic carbocycles. The molecule has 0 saturated carbocycles. The highest BCUT2D eigenvalue weighted by molar-refractivity contribution is 7.98. The van der Waals surface area contributed by atoms with Crippen LogP contribution in [0.15, 0.2) is 41.9 Å². The topological polar surface area (TPSA) is 88.5 Å². The first-order chi connectivity index (χ1) is 11.1. The highest BCUT2D eigenvalue weighted by atomic mass is 32.2. The highest BCUT2D eigenvalue weighted by Gasteiger charge is 2.20. The highest BCUT2D eigenvalue weighted by Crippen LogP contribution is 2.15. The zero-order valence-corrected chi connectivity index (χ0v) is 13.8. The Balaban J connectivity index is 1.74. The van der Waals surface area contributed by atoms with Crippen LogP contribution < -0.4 is 5.32 Å². The molecule has 122 valence electrons. The molecular formula is C15H16N2O4S2. The van der Waals surface area contributed by atoms with Crippen LogP contribution in [0.1, 0.15) is 10.6 Å². The fourth-order valence-electron chi connectivity index (χ4n) is 1.67. The number of thiazole rings is 1. The number of carbonyl (C=O) groups is 2. The fourth-order valence-corrected chi connectivity index (χ4v) is 3.42. The van der Waals surface area contributed by atoms with Gasteiger partial charge in [-0.1, -0.05) is 30.3 Å². The Morgan fingerprint density at radius 3 is 2.78 bits per heavy atom. The predicted molar refractivity (Wildman–Crippen MR) is 89.5 cm³/mol. The van der Waals surface area contributed by atoms with Crippen molar-refractivity contribution in [3.8, 4) is 0 Å². The number of nitrogens with zero attached hydrogens (tertiary/aromatic N) is 1. The van der Waals surface area contributed by atoms with Crippen LogP contribution in [0, 0.1) is 0 Å². The smallest absolute Gasteiger partial charge is 0.408 e. The average Bonchev–Trinajstić information content (AvgIpc) is 3.06. The second kappa shape index (κ2) is 9.16. The van der Waals surface area contributed by atoms with Gasteiger partial charge < -0.3 is 15.2 Å². The molecule has 1 heterocycles. The van der Waals surface area contributed by atoms with E-state index in [0.717, 1.165) is 10.6 Å². The summed E-state index contributed by atoms with van der Waals surface area (Å²) in [7, 11) is 0. The lowest BCUT2D eigenvalue weighted by molar-refractivity contribution is -0.138. The second-order valence-electron chi connectivity index (χ2n) is 4.54. The zero-order chi connectivity index (χ0) is 16.5. The second-order valence-corrected chi connectivity index (χ2v) is 6.55. The maximum atomic E-state index is 11.7. The maximum absolute atomic E-state index is 11.7. The van der Waals surface area contributed by atoms with E-state index in [4.69, 9.17) is 9.84 Å². The molecule has 8 heteroatoms. The number of hydrogen-bond acceptors (Lipinski definition) is 6. The summed E-state index contributed by atoms with van der Waals surface area (Å²) < 4.78 is 5.03. The van der Waals surface area contributed by atoms with Gasteiger partial charge in [0.1, 0.15) is 17.7 Å². The molecule has 0 spiro atoms. The van der Waals surface area contributed by atoms with E-state index in [2.05, 4.69) is 10.3 Å². The Labute approximate surface area is 141 Å². The van der Waals surface area contributed by atoms with Crippen molar-refractivity contribution in [3.05, 3.63) is 52.5 Å². The Kier molecular flexibility index (Phi) is 6.89. The number of ether oxygens (including phenoxy) is 1. The number of aromatic nitrogens is 1. The first-order valence-corrected chi connectivity index (χ1v) is 8.84. The van der Waals surface area contributed by atoms with Gasteiger partial charge in [0.25, 0.3) is 0 Å². The summed E-state index contributed by atoms with van der Waals surface area (Å²) >= 11 is 2.91. The largest absolute Gasteiger partial charge is 0.480 e. The lowest BCUT2D eigenvalue weighted by Crippen LogP contribution is -2.42. The molecule has 1 aromatic heterocycles. The number of aliphatic carboxylic acids is 1. The normalized spacial score (nSPS) is 11.7. The van der Waals surface area contributed by atoms with Gasteiger partial charge in [-0.25, -0.2) is 14.6 Å². The molecule has 23 heavy (non-hydrogen) atoms. The van der Waals surface area contributed by atoms with Gasteiger partial charge in [0.15, 0.2) is 0 Å². The van der Waals surface area contributed by atoms with Crippen molar-refractivity contribution >= 4 is 35.2 Å². The summed E-state index contributed by atoms with van der Waals surface area (Å²) in [4.78, 5) is 27.0. The van der Waals surface area contributed by atoms with Crippen LogP contribution in [-0.2, 0) is 21.9 Å². The summed E-state index contributed by atoms with van der Waals surface area (Å²) in [5, 5.41) is 14.3. The first kappa shape index (κ1) is 17.3. The van der Waals surface area contributed by atoms with E-state index in [1.807, 2.05) is 35.7 Å².